The minimum atomic E-state index is -0.378. The van der Waals surface area contributed by atoms with Crippen molar-refractivity contribution in [2.24, 2.45) is 0 Å². The molecule has 0 aliphatic carbocycles. The van der Waals surface area contributed by atoms with Crippen LogP contribution in [0.3, 0.4) is 0 Å². The summed E-state index contributed by atoms with van der Waals surface area (Å²) in [7, 11) is 0. The minimum Gasteiger partial charge on any atom is -0.494 e. The number of amides is 2. The van der Waals surface area contributed by atoms with Gasteiger partial charge >= 0.3 is 0 Å². The number of imide groups is 1. The number of hydrogen-bond acceptors (Lipinski definition) is 5. The van der Waals surface area contributed by atoms with Crippen LogP contribution >= 0.6 is 11.8 Å². The molecular formula is C26H24N2O3S. The van der Waals surface area contributed by atoms with E-state index in [-0.39, 0.29) is 17.5 Å². The third-order valence-corrected chi connectivity index (χ3v) is 5.99. The van der Waals surface area contributed by atoms with Crippen LogP contribution in [0.4, 0.5) is 11.4 Å². The number of benzene rings is 3. The Hall–Kier alpha value is -3.51. The molecule has 32 heavy (non-hydrogen) atoms. The van der Waals surface area contributed by atoms with Gasteiger partial charge in [0.05, 0.1) is 12.3 Å². The fourth-order valence-electron chi connectivity index (χ4n) is 3.60. The van der Waals surface area contributed by atoms with Crippen molar-refractivity contribution in [3.8, 4) is 5.75 Å². The van der Waals surface area contributed by atoms with Gasteiger partial charge in [-0.3, -0.25) is 9.59 Å². The monoisotopic (exact) mass is 444 g/mol. The van der Waals surface area contributed by atoms with E-state index in [1.807, 2.05) is 63.2 Å². The fourth-order valence-corrected chi connectivity index (χ4v) is 4.55. The summed E-state index contributed by atoms with van der Waals surface area (Å²) in [6.45, 7) is 6.45. The molecule has 3 aromatic rings. The highest BCUT2D eigenvalue weighted by molar-refractivity contribution is 8.04. The van der Waals surface area contributed by atoms with Crippen LogP contribution in [0.25, 0.3) is 0 Å². The molecule has 0 fully saturated rings. The van der Waals surface area contributed by atoms with Gasteiger partial charge in [0.1, 0.15) is 16.4 Å². The third kappa shape index (κ3) is 4.55. The number of ether oxygens (including phenoxy) is 1. The topological polar surface area (TPSA) is 58.6 Å². The van der Waals surface area contributed by atoms with Crippen LogP contribution in [-0.2, 0) is 9.59 Å². The van der Waals surface area contributed by atoms with E-state index in [0.29, 0.717) is 22.9 Å². The van der Waals surface area contributed by atoms with E-state index in [9.17, 15) is 9.59 Å². The standard InChI is InChI=1S/C26H24N2O3S/c1-4-31-21-12-10-20(11-13-21)28-25(29)23(27-19-15-17(2)14-18(3)16-19)24(26(28)30)32-22-8-6-5-7-9-22/h5-16,27H,4H2,1-3H3. The maximum atomic E-state index is 13.4. The van der Waals surface area contributed by atoms with Crippen molar-refractivity contribution in [1.29, 1.82) is 0 Å². The molecule has 4 rings (SSSR count). The Labute approximate surface area is 192 Å². The Bertz CT molecular complexity index is 1170. The lowest BCUT2D eigenvalue weighted by atomic mass is 10.1. The normalized spacial score (nSPS) is 13.7. The van der Waals surface area contributed by atoms with Gasteiger partial charge in [-0.2, -0.15) is 0 Å². The number of carbonyl (C=O) groups is 2. The second-order valence-electron chi connectivity index (χ2n) is 7.49. The van der Waals surface area contributed by atoms with Gasteiger partial charge in [0.15, 0.2) is 0 Å². The van der Waals surface area contributed by atoms with Crippen LogP contribution in [-0.4, -0.2) is 18.4 Å². The van der Waals surface area contributed by atoms with E-state index >= 15 is 0 Å². The summed E-state index contributed by atoms with van der Waals surface area (Å²) < 4.78 is 5.48. The van der Waals surface area contributed by atoms with Crippen molar-refractivity contribution >= 4 is 35.0 Å². The van der Waals surface area contributed by atoms with Crippen molar-refractivity contribution in [2.45, 2.75) is 25.7 Å². The quantitative estimate of drug-likeness (QED) is 0.474. The highest BCUT2D eigenvalue weighted by Crippen LogP contribution is 2.38. The zero-order chi connectivity index (χ0) is 22.7. The zero-order valence-electron chi connectivity index (χ0n) is 18.2. The Kier molecular flexibility index (Phi) is 6.32. The van der Waals surface area contributed by atoms with E-state index in [4.69, 9.17) is 4.74 Å². The average Bonchev–Trinajstić information content (AvgIpc) is 2.99. The molecule has 3 aromatic carbocycles. The van der Waals surface area contributed by atoms with Crippen LogP contribution in [0.15, 0.2) is 88.3 Å². The number of nitrogens with zero attached hydrogens (tertiary/aromatic N) is 1. The number of hydrogen-bond donors (Lipinski definition) is 1. The second kappa shape index (κ2) is 9.32. The molecule has 0 atom stereocenters. The highest BCUT2D eigenvalue weighted by Gasteiger charge is 2.40. The molecule has 0 spiro atoms. The first kappa shape index (κ1) is 21.7. The summed E-state index contributed by atoms with van der Waals surface area (Å²) in [5, 5.41) is 3.23. The lowest BCUT2D eigenvalue weighted by Gasteiger charge is -2.16. The molecule has 6 heteroatoms. The van der Waals surface area contributed by atoms with Gasteiger partial charge in [0.25, 0.3) is 11.8 Å². The molecule has 0 saturated carbocycles. The van der Waals surface area contributed by atoms with Crippen LogP contribution in [0, 0.1) is 13.8 Å². The van der Waals surface area contributed by atoms with E-state index < -0.39 is 0 Å². The van der Waals surface area contributed by atoms with Gasteiger partial charge in [0.2, 0.25) is 0 Å². The van der Waals surface area contributed by atoms with Gasteiger partial charge in [-0.05, 0) is 80.4 Å². The number of aryl methyl sites for hydroxylation is 2. The van der Waals surface area contributed by atoms with E-state index in [1.54, 1.807) is 24.3 Å². The van der Waals surface area contributed by atoms with Crippen LogP contribution in [0.1, 0.15) is 18.1 Å². The van der Waals surface area contributed by atoms with Crippen molar-refractivity contribution in [3.63, 3.8) is 0 Å². The summed E-state index contributed by atoms with van der Waals surface area (Å²) in [6, 6.07) is 22.5. The fraction of sp³-hybridized carbons (Fsp3) is 0.154. The Morgan fingerprint density at radius 1 is 0.875 bits per heavy atom. The number of anilines is 2. The minimum absolute atomic E-state index is 0.280. The van der Waals surface area contributed by atoms with Crippen molar-refractivity contribution in [3.05, 3.63) is 94.5 Å². The summed E-state index contributed by atoms with van der Waals surface area (Å²) in [6.07, 6.45) is 0. The first-order valence-corrected chi connectivity index (χ1v) is 11.2. The van der Waals surface area contributed by atoms with Gasteiger partial charge in [-0.25, -0.2) is 4.90 Å². The molecule has 0 bridgehead atoms. The predicted molar refractivity (Wildman–Crippen MR) is 129 cm³/mol. The third-order valence-electron chi connectivity index (χ3n) is 4.90. The first-order chi connectivity index (χ1) is 15.5. The lowest BCUT2D eigenvalue weighted by molar-refractivity contribution is -0.120. The van der Waals surface area contributed by atoms with Crippen LogP contribution in [0.2, 0.25) is 0 Å². The lowest BCUT2D eigenvalue weighted by Crippen LogP contribution is -2.32. The number of nitrogens with one attached hydrogen (secondary N) is 1. The highest BCUT2D eigenvalue weighted by atomic mass is 32.2. The molecule has 0 saturated heterocycles. The van der Waals surface area contributed by atoms with Gasteiger partial charge in [0, 0.05) is 10.6 Å². The molecule has 1 N–H and O–H groups in total. The summed E-state index contributed by atoms with van der Waals surface area (Å²) in [5.74, 6) is -0.0348. The van der Waals surface area contributed by atoms with Crippen molar-refractivity contribution < 1.29 is 14.3 Å². The van der Waals surface area contributed by atoms with Gasteiger partial charge < -0.3 is 10.1 Å². The molecule has 0 radical (unpaired) electrons. The molecule has 0 aromatic heterocycles. The van der Waals surface area contributed by atoms with E-state index in [0.717, 1.165) is 21.7 Å². The Morgan fingerprint density at radius 2 is 1.53 bits per heavy atom. The van der Waals surface area contributed by atoms with E-state index in [2.05, 4.69) is 11.4 Å². The van der Waals surface area contributed by atoms with Crippen LogP contribution in [0.5, 0.6) is 5.75 Å². The van der Waals surface area contributed by atoms with E-state index in [1.165, 1.54) is 16.7 Å². The van der Waals surface area contributed by atoms with Gasteiger partial charge in [-0.15, -0.1) is 0 Å². The smallest absolute Gasteiger partial charge is 0.283 e. The van der Waals surface area contributed by atoms with Crippen molar-refractivity contribution in [2.75, 3.05) is 16.8 Å². The zero-order valence-corrected chi connectivity index (χ0v) is 19.0. The average molecular weight is 445 g/mol. The van der Waals surface area contributed by atoms with Crippen molar-refractivity contribution in [1.82, 2.24) is 0 Å². The predicted octanol–water partition coefficient (Wildman–Crippen LogP) is 5.69. The Morgan fingerprint density at radius 3 is 2.16 bits per heavy atom. The summed E-state index contributed by atoms with van der Waals surface area (Å²) in [4.78, 5) is 29.3. The number of rotatable bonds is 7. The number of thioether (sulfide) groups is 1. The SMILES string of the molecule is CCOc1ccc(N2C(=O)C(Nc3cc(C)cc(C)c3)=C(Sc3ccccc3)C2=O)cc1. The summed E-state index contributed by atoms with van der Waals surface area (Å²) in [5.41, 5.74) is 3.71. The molecule has 2 amide bonds. The molecule has 1 aliphatic rings. The van der Waals surface area contributed by atoms with Crippen LogP contribution < -0.4 is 15.0 Å². The molecule has 0 unspecified atom stereocenters. The first-order valence-electron chi connectivity index (χ1n) is 10.4. The molecule has 1 heterocycles. The maximum Gasteiger partial charge on any atom is 0.283 e. The Balaban J connectivity index is 1.72. The summed E-state index contributed by atoms with van der Waals surface area (Å²) >= 11 is 1.29. The van der Waals surface area contributed by atoms with Gasteiger partial charge in [-0.1, -0.05) is 36.0 Å². The largest absolute Gasteiger partial charge is 0.494 e. The second-order valence-corrected chi connectivity index (χ2v) is 8.58. The molecule has 1 aliphatic heterocycles. The number of carbonyl (C=O) groups excluding carboxylic acids is 2. The maximum absolute atomic E-state index is 13.4. The molecular weight excluding hydrogens is 420 g/mol. The molecule has 162 valence electrons. The molecule has 5 nitrogen and oxygen atoms in total.